The molecule has 134 valence electrons. The van der Waals surface area contributed by atoms with Crippen LogP contribution in [0.1, 0.15) is 72.1 Å². The maximum absolute atomic E-state index is 10.4. The molecule has 23 heavy (non-hydrogen) atoms. The Hall–Kier alpha value is -0.840. The average Bonchev–Trinajstić information content (AvgIpc) is 2.47. The summed E-state index contributed by atoms with van der Waals surface area (Å²) in [4.78, 5) is 15.1. The van der Waals surface area contributed by atoms with Gasteiger partial charge in [-0.05, 0) is 61.2 Å². The Bertz CT molecular complexity index is 404. The van der Waals surface area contributed by atoms with Crippen LogP contribution in [0.5, 0.6) is 0 Å². The Kier molecular flexibility index (Phi) is 6.29. The molecule has 0 saturated heterocycles. The van der Waals surface area contributed by atoms with Gasteiger partial charge in [-0.15, -0.1) is 10.1 Å². The van der Waals surface area contributed by atoms with Crippen LogP contribution in [0.15, 0.2) is 0 Å². The van der Waals surface area contributed by atoms with Crippen LogP contribution in [0.2, 0.25) is 0 Å². The van der Waals surface area contributed by atoms with Gasteiger partial charge in [-0.3, -0.25) is 0 Å². The molecule has 6 atom stereocenters. The molecule has 0 aromatic carbocycles. The molecular weight excluding hydrogens is 292 g/mol. The largest absolute Gasteiger partial charge is 0.327 e. The molecule has 2 fully saturated rings. The number of nitrogens with zero attached hydrogens (tertiary/aromatic N) is 1. The van der Waals surface area contributed by atoms with Crippen molar-refractivity contribution in [1.82, 2.24) is 0 Å². The summed E-state index contributed by atoms with van der Waals surface area (Å²) in [5.41, 5.74) is 6.85. The van der Waals surface area contributed by atoms with E-state index in [4.69, 9.17) is 5.73 Å². The summed E-state index contributed by atoms with van der Waals surface area (Å²) in [7, 11) is 0. The Labute approximate surface area is 140 Å². The first kappa shape index (κ1) is 18.5. The standard InChI is InChI=1S/C18H34N2O3/c1-4-16-15-6-5-13(2)7-8-18(10-15,11-17(16)19)9-14(3)12-23-20(21)22/h13-17H,4-12,19H2,1-3H3. The molecule has 2 saturated carbocycles. The van der Waals surface area contributed by atoms with Gasteiger partial charge in [0.15, 0.2) is 0 Å². The summed E-state index contributed by atoms with van der Waals surface area (Å²) < 4.78 is 0. The second-order valence-electron chi connectivity index (χ2n) is 8.45. The van der Waals surface area contributed by atoms with E-state index in [-0.39, 0.29) is 24.0 Å². The van der Waals surface area contributed by atoms with Crippen molar-refractivity contribution in [2.45, 2.75) is 78.2 Å². The number of fused-ring (bicyclic) bond motifs is 2. The first-order valence-corrected chi connectivity index (χ1v) is 9.38. The van der Waals surface area contributed by atoms with Crippen LogP contribution < -0.4 is 5.73 Å². The smallest absolute Gasteiger partial charge is 0.294 e. The molecule has 2 rings (SSSR count). The highest BCUT2D eigenvalue weighted by Crippen LogP contribution is 2.52. The molecule has 0 heterocycles. The maximum atomic E-state index is 10.4. The van der Waals surface area contributed by atoms with Crippen molar-refractivity contribution >= 4 is 0 Å². The molecule has 0 spiro atoms. The summed E-state index contributed by atoms with van der Waals surface area (Å²) in [6.07, 6.45) is 9.63. The molecule has 2 aliphatic rings. The maximum Gasteiger partial charge on any atom is 0.294 e. The molecule has 5 heteroatoms. The van der Waals surface area contributed by atoms with Gasteiger partial charge < -0.3 is 10.6 Å². The molecule has 5 nitrogen and oxygen atoms in total. The van der Waals surface area contributed by atoms with Crippen molar-refractivity contribution < 1.29 is 9.92 Å². The topological polar surface area (TPSA) is 78.4 Å². The van der Waals surface area contributed by atoms with Crippen LogP contribution in [0.3, 0.4) is 0 Å². The van der Waals surface area contributed by atoms with Gasteiger partial charge in [-0.25, -0.2) is 0 Å². The summed E-state index contributed by atoms with van der Waals surface area (Å²) in [6.45, 7) is 6.93. The molecule has 0 amide bonds. The van der Waals surface area contributed by atoms with Crippen LogP contribution >= 0.6 is 0 Å². The van der Waals surface area contributed by atoms with E-state index in [2.05, 4.69) is 25.6 Å². The van der Waals surface area contributed by atoms with Crippen LogP contribution in [-0.2, 0) is 4.84 Å². The van der Waals surface area contributed by atoms with E-state index < -0.39 is 5.09 Å². The lowest BCUT2D eigenvalue weighted by Gasteiger charge is -2.51. The predicted molar refractivity (Wildman–Crippen MR) is 91.3 cm³/mol. The van der Waals surface area contributed by atoms with Crippen LogP contribution in [-0.4, -0.2) is 17.7 Å². The van der Waals surface area contributed by atoms with E-state index in [1.807, 2.05) is 0 Å². The van der Waals surface area contributed by atoms with Crippen LogP contribution in [0.4, 0.5) is 0 Å². The molecular formula is C18H34N2O3. The first-order valence-electron chi connectivity index (χ1n) is 9.38. The van der Waals surface area contributed by atoms with Gasteiger partial charge in [0.1, 0.15) is 0 Å². The van der Waals surface area contributed by atoms with Gasteiger partial charge in [0.2, 0.25) is 0 Å². The molecule has 0 aromatic heterocycles. The van der Waals surface area contributed by atoms with Gasteiger partial charge in [0.25, 0.3) is 5.09 Å². The van der Waals surface area contributed by atoms with Gasteiger partial charge in [-0.1, -0.05) is 40.0 Å². The van der Waals surface area contributed by atoms with Gasteiger partial charge >= 0.3 is 0 Å². The highest BCUT2D eigenvalue weighted by Gasteiger charge is 2.45. The Morgan fingerprint density at radius 3 is 2.74 bits per heavy atom. The number of hydrogen-bond donors (Lipinski definition) is 1. The third-order valence-electron chi connectivity index (χ3n) is 6.43. The Balaban J connectivity index is 2.10. The molecule has 0 aliphatic heterocycles. The zero-order valence-corrected chi connectivity index (χ0v) is 15.0. The van der Waals surface area contributed by atoms with E-state index in [0.29, 0.717) is 5.92 Å². The zero-order valence-electron chi connectivity index (χ0n) is 15.0. The minimum absolute atomic E-state index is 0.209. The van der Waals surface area contributed by atoms with E-state index in [9.17, 15) is 10.1 Å². The van der Waals surface area contributed by atoms with Gasteiger partial charge in [-0.2, -0.15) is 0 Å². The summed E-state index contributed by atoms with van der Waals surface area (Å²) in [6, 6.07) is 0.288. The molecule has 0 aromatic rings. The second-order valence-corrected chi connectivity index (χ2v) is 8.45. The van der Waals surface area contributed by atoms with Crippen molar-refractivity contribution in [1.29, 1.82) is 0 Å². The zero-order chi connectivity index (χ0) is 17.0. The third kappa shape index (κ3) is 4.82. The van der Waals surface area contributed by atoms with Crippen molar-refractivity contribution in [3.8, 4) is 0 Å². The summed E-state index contributed by atoms with van der Waals surface area (Å²) >= 11 is 0. The van der Waals surface area contributed by atoms with Crippen molar-refractivity contribution in [2.24, 2.45) is 34.8 Å². The molecule has 0 radical (unpaired) electrons. The fourth-order valence-corrected chi connectivity index (χ4v) is 5.40. The number of nitrogens with two attached hydrogens (primary N) is 1. The van der Waals surface area contributed by atoms with Crippen LogP contribution in [0, 0.1) is 39.2 Å². The fourth-order valence-electron chi connectivity index (χ4n) is 5.40. The number of hydrogen-bond acceptors (Lipinski definition) is 4. The Morgan fingerprint density at radius 2 is 2.09 bits per heavy atom. The molecule has 2 N–H and O–H groups in total. The predicted octanol–water partition coefficient (Wildman–Crippen LogP) is 4.18. The summed E-state index contributed by atoms with van der Waals surface area (Å²) in [5, 5.41) is 9.78. The normalized spacial score (nSPS) is 39.1. The van der Waals surface area contributed by atoms with E-state index >= 15 is 0 Å². The van der Waals surface area contributed by atoms with Gasteiger partial charge in [0.05, 0.1) is 6.61 Å². The lowest BCUT2D eigenvalue weighted by atomic mass is 9.56. The summed E-state index contributed by atoms with van der Waals surface area (Å²) in [5.74, 6) is 2.38. The van der Waals surface area contributed by atoms with Gasteiger partial charge in [0, 0.05) is 6.04 Å². The lowest BCUT2D eigenvalue weighted by Crippen LogP contribution is -2.48. The van der Waals surface area contributed by atoms with E-state index in [1.165, 1.54) is 38.5 Å². The van der Waals surface area contributed by atoms with Crippen LogP contribution in [0.25, 0.3) is 0 Å². The van der Waals surface area contributed by atoms with E-state index in [1.54, 1.807) is 0 Å². The SMILES string of the molecule is CCC1C(N)CC2(CC(C)CO[N+](=O)[O-])CCC(C)CCC1C2. The average molecular weight is 326 g/mol. The lowest BCUT2D eigenvalue weighted by molar-refractivity contribution is -0.759. The third-order valence-corrected chi connectivity index (χ3v) is 6.43. The monoisotopic (exact) mass is 326 g/mol. The highest BCUT2D eigenvalue weighted by atomic mass is 16.9. The minimum Gasteiger partial charge on any atom is -0.327 e. The molecule has 6 unspecified atom stereocenters. The molecule has 2 bridgehead atoms. The van der Waals surface area contributed by atoms with Crippen molar-refractivity contribution in [3.05, 3.63) is 10.1 Å². The fraction of sp³-hybridized carbons (Fsp3) is 1.00. The van der Waals surface area contributed by atoms with E-state index in [0.717, 1.165) is 24.7 Å². The Morgan fingerprint density at radius 1 is 1.35 bits per heavy atom. The number of rotatable bonds is 6. The first-order chi connectivity index (χ1) is 10.8. The van der Waals surface area contributed by atoms with Crippen molar-refractivity contribution in [2.75, 3.05) is 6.61 Å². The highest BCUT2D eigenvalue weighted by molar-refractivity contribution is 4.97. The second kappa shape index (κ2) is 7.82. The van der Waals surface area contributed by atoms with Crippen molar-refractivity contribution in [3.63, 3.8) is 0 Å². The molecule has 2 aliphatic carbocycles. The quantitative estimate of drug-likeness (QED) is 0.586. The minimum atomic E-state index is -0.670.